The van der Waals surface area contributed by atoms with Crippen LogP contribution in [0.25, 0.3) is 0 Å². The van der Waals surface area contributed by atoms with Gasteiger partial charge >= 0.3 is 0 Å². The number of alkyl halides is 1. The van der Waals surface area contributed by atoms with Gasteiger partial charge < -0.3 is 0 Å². The van der Waals surface area contributed by atoms with Crippen LogP contribution in [-0.2, 0) is 0 Å². The van der Waals surface area contributed by atoms with Crippen molar-refractivity contribution in [3.8, 4) is 0 Å². The summed E-state index contributed by atoms with van der Waals surface area (Å²) in [5, 5.41) is 1.98. The van der Waals surface area contributed by atoms with Crippen LogP contribution < -0.4 is 5.43 Å². The van der Waals surface area contributed by atoms with E-state index in [0.29, 0.717) is 6.04 Å². The van der Waals surface area contributed by atoms with Gasteiger partial charge in [0.25, 0.3) is 0 Å². The fourth-order valence-electron chi connectivity index (χ4n) is 0.475. The normalized spacial score (nSPS) is 14.6. The van der Waals surface area contributed by atoms with Gasteiger partial charge in [-0.3, -0.25) is 10.4 Å². The first kappa shape index (κ1) is 8.65. The van der Waals surface area contributed by atoms with Crippen LogP contribution in [0.1, 0.15) is 6.92 Å². The lowest BCUT2D eigenvalue weighted by Crippen LogP contribution is -2.38. The predicted octanol–water partition coefficient (Wildman–Crippen LogP) is 0.876. The van der Waals surface area contributed by atoms with Gasteiger partial charge in [0.2, 0.25) is 0 Å². The molecule has 0 fully saturated rings. The average Bonchev–Trinajstić information content (AvgIpc) is 1.65. The Kier molecular flexibility index (Phi) is 4.89. The summed E-state index contributed by atoms with van der Waals surface area (Å²) < 4.78 is 1.15. The number of hydrogen-bond acceptors (Lipinski definition) is 2. The topological polar surface area (TPSA) is 15.3 Å². The molecule has 0 radical (unpaired) electrons. The fraction of sp³-hybridized carbons (Fsp3) is 1.00. The zero-order valence-electron chi connectivity index (χ0n) is 5.61. The molecule has 3 heteroatoms. The van der Waals surface area contributed by atoms with E-state index >= 15 is 0 Å². The summed E-state index contributed by atoms with van der Waals surface area (Å²) in [4.78, 5) is 0. The summed E-state index contributed by atoms with van der Waals surface area (Å²) in [5.41, 5.74) is 3.22. The van der Waals surface area contributed by atoms with Gasteiger partial charge in [0, 0.05) is 24.6 Å². The van der Waals surface area contributed by atoms with Crippen LogP contribution in [0.2, 0.25) is 0 Å². The predicted molar refractivity (Wildman–Crippen MR) is 45.2 cm³/mol. The molecule has 0 heterocycles. The number of nitrogens with zero attached hydrogens (tertiary/aromatic N) is 1. The molecule has 1 atom stereocenters. The molecule has 2 nitrogen and oxygen atoms in total. The SMILES string of the molecule is CC(CI)NN(C)C. The van der Waals surface area contributed by atoms with Gasteiger partial charge in [-0.25, -0.2) is 0 Å². The number of halogens is 1. The third-order valence-electron chi connectivity index (χ3n) is 0.710. The molecule has 0 rings (SSSR count). The molecule has 1 N–H and O–H groups in total. The summed E-state index contributed by atoms with van der Waals surface area (Å²) in [7, 11) is 4.01. The maximum atomic E-state index is 3.22. The Morgan fingerprint density at radius 2 is 2.12 bits per heavy atom. The average molecular weight is 228 g/mol. The highest BCUT2D eigenvalue weighted by Crippen LogP contribution is 1.88. The van der Waals surface area contributed by atoms with Gasteiger partial charge in [0.1, 0.15) is 0 Å². The lowest BCUT2D eigenvalue weighted by Gasteiger charge is -2.16. The minimum absolute atomic E-state index is 0.589. The molecular weight excluding hydrogens is 215 g/mol. The largest absolute Gasteiger partial charge is 0.252 e. The van der Waals surface area contributed by atoms with Gasteiger partial charge in [-0.05, 0) is 6.92 Å². The van der Waals surface area contributed by atoms with E-state index in [0.717, 1.165) is 4.43 Å². The molecule has 0 spiro atoms. The zero-order chi connectivity index (χ0) is 6.57. The molecule has 0 bridgehead atoms. The van der Waals surface area contributed by atoms with Crippen molar-refractivity contribution in [3.05, 3.63) is 0 Å². The van der Waals surface area contributed by atoms with Crippen LogP contribution in [0.5, 0.6) is 0 Å². The molecule has 8 heavy (non-hydrogen) atoms. The summed E-state index contributed by atoms with van der Waals surface area (Å²) in [6, 6.07) is 0.589. The second-order valence-corrected chi connectivity index (χ2v) is 2.96. The lowest BCUT2D eigenvalue weighted by molar-refractivity contribution is 0.262. The summed E-state index contributed by atoms with van der Waals surface area (Å²) in [5.74, 6) is 0. The molecule has 50 valence electrons. The minimum Gasteiger partial charge on any atom is -0.252 e. The Bertz CT molecular complexity index is 56.4. The molecule has 0 aromatic rings. The van der Waals surface area contributed by atoms with Crippen LogP contribution in [0.15, 0.2) is 0 Å². The maximum absolute atomic E-state index is 3.22. The van der Waals surface area contributed by atoms with Crippen molar-refractivity contribution >= 4 is 22.6 Å². The van der Waals surface area contributed by atoms with Gasteiger partial charge in [0.05, 0.1) is 0 Å². The van der Waals surface area contributed by atoms with Crippen LogP contribution in [0.3, 0.4) is 0 Å². The number of hydrogen-bond donors (Lipinski definition) is 1. The Labute approximate surface area is 64.7 Å². The first-order valence-corrected chi connectivity index (χ1v) is 4.19. The van der Waals surface area contributed by atoms with Crippen LogP contribution in [0.4, 0.5) is 0 Å². The van der Waals surface area contributed by atoms with Crippen molar-refractivity contribution in [2.24, 2.45) is 0 Å². The van der Waals surface area contributed by atoms with Gasteiger partial charge in [0.15, 0.2) is 0 Å². The second kappa shape index (κ2) is 4.52. The second-order valence-electron chi connectivity index (χ2n) is 2.08. The third kappa shape index (κ3) is 4.80. The van der Waals surface area contributed by atoms with E-state index in [1.165, 1.54) is 0 Å². The smallest absolute Gasteiger partial charge is 0.0276 e. The summed E-state index contributed by atoms with van der Waals surface area (Å²) in [6.07, 6.45) is 0. The highest BCUT2D eigenvalue weighted by molar-refractivity contribution is 14.1. The van der Waals surface area contributed by atoms with E-state index in [1.54, 1.807) is 0 Å². The zero-order valence-corrected chi connectivity index (χ0v) is 7.77. The molecular formula is C5H13IN2. The highest BCUT2D eigenvalue weighted by atomic mass is 127. The summed E-state index contributed by atoms with van der Waals surface area (Å²) >= 11 is 2.36. The number of rotatable bonds is 3. The fourth-order valence-corrected chi connectivity index (χ4v) is 0.672. The van der Waals surface area contributed by atoms with Crippen molar-refractivity contribution in [1.82, 2.24) is 10.4 Å². The number of hydrazine groups is 1. The molecule has 0 saturated heterocycles. The van der Waals surface area contributed by atoms with E-state index in [9.17, 15) is 0 Å². The standard InChI is InChI=1S/C5H13IN2/c1-5(4-6)7-8(2)3/h5,7H,4H2,1-3H3. The van der Waals surface area contributed by atoms with Gasteiger partial charge in [-0.2, -0.15) is 0 Å². The first-order valence-electron chi connectivity index (χ1n) is 2.66. The van der Waals surface area contributed by atoms with Crippen molar-refractivity contribution in [2.45, 2.75) is 13.0 Å². The molecule has 0 aliphatic carbocycles. The van der Waals surface area contributed by atoms with E-state index in [1.807, 2.05) is 19.1 Å². The Balaban J connectivity index is 3.10. The third-order valence-corrected chi connectivity index (χ3v) is 2.03. The number of nitrogens with one attached hydrogen (secondary N) is 1. The Morgan fingerprint density at radius 3 is 2.25 bits per heavy atom. The van der Waals surface area contributed by atoms with Crippen LogP contribution in [0, 0.1) is 0 Å². The summed E-state index contributed by atoms with van der Waals surface area (Å²) in [6.45, 7) is 2.16. The van der Waals surface area contributed by atoms with E-state index in [2.05, 4.69) is 34.9 Å². The highest BCUT2D eigenvalue weighted by Gasteiger charge is 1.96. The lowest BCUT2D eigenvalue weighted by atomic mass is 10.4. The molecule has 0 aliphatic rings. The molecule has 1 unspecified atom stereocenters. The van der Waals surface area contributed by atoms with E-state index in [4.69, 9.17) is 0 Å². The van der Waals surface area contributed by atoms with Gasteiger partial charge in [-0.1, -0.05) is 22.6 Å². The molecule has 0 aliphatic heterocycles. The Morgan fingerprint density at radius 1 is 1.62 bits per heavy atom. The maximum Gasteiger partial charge on any atom is 0.0276 e. The van der Waals surface area contributed by atoms with Crippen molar-refractivity contribution in [3.63, 3.8) is 0 Å². The Hall–Kier alpha value is 0.650. The van der Waals surface area contributed by atoms with Crippen molar-refractivity contribution in [2.75, 3.05) is 18.5 Å². The van der Waals surface area contributed by atoms with Crippen molar-refractivity contribution in [1.29, 1.82) is 0 Å². The molecule has 0 aromatic heterocycles. The van der Waals surface area contributed by atoms with Crippen LogP contribution >= 0.6 is 22.6 Å². The molecule has 0 saturated carbocycles. The minimum atomic E-state index is 0.589. The first-order chi connectivity index (χ1) is 3.66. The van der Waals surface area contributed by atoms with Crippen LogP contribution in [-0.4, -0.2) is 29.6 Å². The van der Waals surface area contributed by atoms with E-state index < -0.39 is 0 Å². The van der Waals surface area contributed by atoms with E-state index in [-0.39, 0.29) is 0 Å². The molecule has 0 aromatic carbocycles. The van der Waals surface area contributed by atoms with Gasteiger partial charge in [-0.15, -0.1) is 0 Å². The van der Waals surface area contributed by atoms with Crippen molar-refractivity contribution < 1.29 is 0 Å². The quantitative estimate of drug-likeness (QED) is 0.438. The molecule has 0 amide bonds. The monoisotopic (exact) mass is 228 g/mol.